The van der Waals surface area contributed by atoms with E-state index in [1.54, 1.807) is 0 Å². The predicted molar refractivity (Wildman–Crippen MR) is 256 cm³/mol. The Labute approximate surface area is 369 Å². The summed E-state index contributed by atoms with van der Waals surface area (Å²) in [4.78, 5) is 37.8. The van der Waals surface area contributed by atoms with Gasteiger partial charge in [0.2, 0.25) is 0 Å². The number of rotatable bonds is 43. The molecule has 0 saturated heterocycles. The van der Waals surface area contributed by atoms with Gasteiger partial charge in [0, 0.05) is 19.3 Å². The molecule has 0 aromatic rings. The minimum atomic E-state index is -0.816. The van der Waals surface area contributed by atoms with Gasteiger partial charge in [-0.15, -0.1) is 0 Å². The van der Waals surface area contributed by atoms with Crippen LogP contribution >= 0.6 is 0 Å². The molecule has 0 N–H and O–H groups in total. The molecule has 0 amide bonds. The third kappa shape index (κ3) is 45.7. The zero-order chi connectivity index (χ0) is 43.7. The minimum absolute atomic E-state index is 0.114. The minimum Gasteiger partial charge on any atom is -0.462 e. The molecular weight excluding hydrogens is 745 g/mol. The lowest BCUT2D eigenvalue weighted by Crippen LogP contribution is -2.30. The van der Waals surface area contributed by atoms with Gasteiger partial charge in [-0.25, -0.2) is 0 Å². The highest BCUT2D eigenvalue weighted by Gasteiger charge is 2.19. The van der Waals surface area contributed by atoms with Gasteiger partial charge < -0.3 is 14.2 Å². The van der Waals surface area contributed by atoms with Gasteiger partial charge in [-0.1, -0.05) is 183 Å². The molecule has 0 fully saturated rings. The second-order valence-electron chi connectivity index (χ2n) is 16.0. The Morgan fingerprint density at radius 3 is 1.20 bits per heavy atom. The molecule has 1 unspecified atom stereocenters. The van der Waals surface area contributed by atoms with Crippen LogP contribution in [0.2, 0.25) is 0 Å². The highest BCUT2D eigenvalue weighted by Crippen LogP contribution is 2.12. The number of carbonyl (C=O) groups excluding carboxylic acids is 3. The Balaban J connectivity index is 4.52. The van der Waals surface area contributed by atoms with E-state index in [4.69, 9.17) is 14.2 Å². The van der Waals surface area contributed by atoms with Crippen LogP contribution in [0.3, 0.4) is 0 Å². The molecule has 60 heavy (non-hydrogen) atoms. The number of hydrogen-bond acceptors (Lipinski definition) is 6. The molecular formula is C54H90O6. The molecule has 0 spiro atoms. The van der Waals surface area contributed by atoms with Crippen molar-refractivity contribution in [3.63, 3.8) is 0 Å². The van der Waals surface area contributed by atoms with Crippen molar-refractivity contribution >= 4 is 17.9 Å². The molecule has 0 aliphatic rings. The maximum Gasteiger partial charge on any atom is 0.306 e. The van der Waals surface area contributed by atoms with Crippen molar-refractivity contribution in [2.75, 3.05) is 13.2 Å². The van der Waals surface area contributed by atoms with E-state index >= 15 is 0 Å². The van der Waals surface area contributed by atoms with Gasteiger partial charge in [-0.3, -0.25) is 14.4 Å². The second-order valence-corrected chi connectivity index (χ2v) is 16.0. The fourth-order valence-electron chi connectivity index (χ4n) is 6.35. The van der Waals surface area contributed by atoms with E-state index in [9.17, 15) is 14.4 Å². The van der Waals surface area contributed by atoms with E-state index in [1.165, 1.54) is 83.5 Å². The fraction of sp³-hybridized carbons (Fsp3) is 0.685. The summed E-state index contributed by atoms with van der Waals surface area (Å²) in [6, 6.07) is 0. The SMILES string of the molecule is CCCC/C=C\C=C/CCCCCC(=O)OCC(COC(=O)CCC/C=C\C/C=C\C/C=C\C/C=C\CCCCC)OC(=O)CCCCC/C=C\CCCCCCCCC. The van der Waals surface area contributed by atoms with Gasteiger partial charge >= 0.3 is 17.9 Å². The Morgan fingerprint density at radius 1 is 0.350 bits per heavy atom. The van der Waals surface area contributed by atoms with Crippen LogP contribution in [0.25, 0.3) is 0 Å². The lowest BCUT2D eigenvalue weighted by atomic mass is 10.1. The number of allylic oxidation sites excluding steroid dienone is 14. The summed E-state index contributed by atoms with van der Waals surface area (Å²) in [5, 5.41) is 0. The first kappa shape index (κ1) is 56.6. The van der Waals surface area contributed by atoms with Gasteiger partial charge in [-0.05, 0) is 103 Å². The Kier molecular flexibility index (Phi) is 45.5. The zero-order valence-electron chi connectivity index (χ0n) is 38.9. The summed E-state index contributed by atoms with van der Waals surface area (Å²) in [5.41, 5.74) is 0. The lowest BCUT2D eigenvalue weighted by Gasteiger charge is -2.18. The van der Waals surface area contributed by atoms with Crippen LogP contribution in [-0.4, -0.2) is 37.2 Å². The van der Waals surface area contributed by atoms with E-state index in [-0.39, 0.29) is 44.0 Å². The Bertz CT molecular complexity index is 1190. The third-order valence-corrected chi connectivity index (χ3v) is 10.1. The average molecular weight is 835 g/mol. The van der Waals surface area contributed by atoms with Crippen molar-refractivity contribution < 1.29 is 28.6 Å². The van der Waals surface area contributed by atoms with Gasteiger partial charge in [0.25, 0.3) is 0 Å². The summed E-state index contributed by atoms with van der Waals surface area (Å²) in [6.07, 6.45) is 61.4. The highest BCUT2D eigenvalue weighted by molar-refractivity contribution is 5.71. The molecule has 342 valence electrons. The van der Waals surface area contributed by atoms with Crippen molar-refractivity contribution in [3.05, 3.63) is 85.1 Å². The van der Waals surface area contributed by atoms with Crippen molar-refractivity contribution in [2.45, 2.75) is 226 Å². The first-order valence-electron chi connectivity index (χ1n) is 24.6. The quantitative estimate of drug-likeness (QED) is 0.0200. The van der Waals surface area contributed by atoms with E-state index in [2.05, 4.69) is 106 Å². The first-order valence-corrected chi connectivity index (χ1v) is 24.6. The van der Waals surface area contributed by atoms with E-state index < -0.39 is 6.10 Å². The third-order valence-electron chi connectivity index (χ3n) is 10.1. The van der Waals surface area contributed by atoms with Crippen molar-refractivity contribution in [3.8, 4) is 0 Å². The Morgan fingerprint density at radius 2 is 0.683 bits per heavy atom. The van der Waals surface area contributed by atoms with Gasteiger partial charge in [-0.2, -0.15) is 0 Å². The van der Waals surface area contributed by atoms with E-state index in [0.29, 0.717) is 12.8 Å². The van der Waals surface area contributed by atoms with Crippen LogP contribution in [0, 0.1) is 0 Å². The van der Waals surface area contributed by atoms with Crippen molar-refractivity contribution in [2.24, 2.45) is 0 Å². The number of esters is 3. The van der Waals surface area contributed by atoms with Crippen LogP contribution in [-0.2, 0) is 28.6 Å². The summed E-state index contributed by atoms with van der Waals surface area (Å²) in [5.74, 6) is -1.02. The van der Waals surface area contributed by atoms with Crippen molar-refractivity contribution in [1.29, 1.82) is 0 Å². The molecule has 6 heteroatoms. The monoisotopic (exact) mass is 835 g/mol. The molecule has 0 radical (unpaired) electrons. The number of hydrogen-bond donors (Lipinski definition) is 0. The smallest absolute Gasteiger partial charge is 0.306 e. The molecule has 0 rings (SSSR count). The van der Waals surface area contributed by atoms with Crippen LogP contribution in [0.1, 0.15) is 220 Å². The standard InChI is InChI=1S/C54H90O6/c1-4-7-10-13-16-19-22-24-26-27-28-30-32-35-38-41-44-47-53(56)59-50-51(49-58-52(55)46-43-40-37-34-31-21-18-15-12-9-6-3)60-54(57)48-45-42-39-36-33-29-25-23-20-17-14-11-8-5-2/h15-16,18-19,21,24,26,28-31,33,35,38,51H,4-14,17,20,22-23,25,27,32,34,36-37,39-50H2,1-3H3/b18-15-,19-16-,26-24-,30-28-,31-21-,33-29-,38-35-. The molecule has 0 heterocycles. The topological polar surface area (TPSA) is 78.9 Å². The molecule has 0 aliphatic heterocycles. The largest absolute Gasteiger partial charge is 0.462 e. The first-order chi connectivity index (χ1) is 29.5. The lowest BCUT2D eigenvalue weighted by molar-refractivity contribution is -0.167. The fourth-order valence-corrected chi connectivity index (χ4v) is 6.35. The van der Waals surface area contributed by atoms with Gasteiger partial charge in [0.05, 0.1) is 0 Å². The maximum absolute atomic E-state index is 12.7. The maximum atomic E-state index is 12.7. The van der Waals surface area contributed by atoms with E-state index in [0.717, 1.165) is 89.9 Å². The number of ether oxygens (including phenoxy) is 3. The predicted octanol–water partition coefficient (Wildman–Crippen LogP) is 16.0. The molecule has 1 atom stereocenters. The van der Waals surface area contributed by atoms with Gasteiger partial charge in [0.15, 0.2) is 6.10 Å². The summed E-state index contributed by atoms with van der Waals surface area (Å²) in [7, 11) is 0. The van der Waals surface area contributed by atoms with Crippen LogP contribution < -0.4 is 0 Å². The normalized spacial score (nSPS) is 12.8. The molecule has 6 nitrogen and oxygen atoms in total. The van der Waals surface area contributed by atoms with Gasteiger partial charge in [0.1, 0.15) is 13.2 Å². The van der Waals surface area contributed by atoms with Crippen LogP contribution in [0.15, 0.2) is 85.1 Å². The molecule has 0 aromatic carbocycles. The number of unbranched alkanes of at least 4 members (excludes halogenated alkanes) is 19. The molecule has 0 aromatic heterocycles. The van der Waals surface area contributed by atoms with Crippen LogP contribution in [0.5, 0.6) is 0 Å². The van der Waals surface area contributed by atoms with Crippen LogP contribution in [0.4, 0.5) is 0 Å². The molecule has 0 aliphatic carbocycles. The zero-order valence-corrected chi connectivity index (χ0v) is 38.9. The second kappa shape index (κ2) is 48.3. The molecule has 0 saturated carbocycles. The summed E-state index contributed by atoms with van der Waals surface area (Å²) >= 11 is 0. The molecule has 0 bridgehead atoms. The summed E-state index contributed by atoms with van der Waals surface area (Å²) < 4.78 is 16.7. The highest BCUT2D eigenvalue weighted by atomic mass is 16.6. The summed E-state index contributed by atoms with van der Waals surface area (Å²) in [6.45, 7) is 6.45. The van der Waals surface area contributed by atoms with E-state index in [1.807, 2.05) is 0 Å². The number of carbonyl (C=O) groups is 3. The Hall–Kier alpha value is -3.41. The average Bonchev–Trinajstić information content (AvgIpc) is 3.24. The van der Waals surface area contributed by atoms with Crippen molar-refractivity contribution in [1.82, 2.24) is 0 Å².